The second kappa shape index (κ2) is 4.65. The second-order valence-electron chi connectivity index (χ2n) is 4.46. The summed E-state index contributed by atoms with van der Waals surface area (Å²) in [4.78, 5) is 22.4. The van der Waals surface area contributed by atoms with E-state index in [2.05, 4.69) is 25.9 Å². The largest absolute Gasteiger partial charge is 0.337 e. The van der Waals surface area contributed by atoms with Crippen LogP contribution in [-0.2, 0) is 11.3 Å². The highest BCUT2D eigenvalue weighted by atomic mass is 79.9. The van der Waals surface area contributed by atoms with Crippen molar-refractivity contribution in [1.82, 2.24) is 14.9 Å². The minimum Gasteiger partial charge on any atom is -0.337 e. The molecule has 4 nitrogen and oxygen atoms in total. The Labute approximate surface area is 113 Å². The minimum atomic E-state index is 0.205. The molecule has 1 aromatic heterocycles. The van der Waals surface area contributed by atoms with E-state index in [0.29, 0.717) is 13.0 Å². The lowest BCUT2D eigenvalue weighted by Gasteiger charge is -2.15. The fourth-order valence-corrected chi connectivity index (χ4v) is 2.83. The normalized spacial score (nSPS) is 19.7. The monoisotopic (exact) mass is 305 g/mol. The van der Waals surface area contributed by atoms with Gasteiger partial charge in [0, 0.05) is 36.7 Å². The molecule has 0 spiro atoms. The van der Waals surface area contributed by atoms with Gasteiger partial charge >= 0.3 is 0 Å². The third kappa shape index (κ3) is 2.22. The Bertz CT molecular complexity index is 602. The van der Waals surface area contributed by atoms with Crippen LogP contribution in [0.15, 0.2) is 30.6 Å². The van der Waals surface area contributed by atoms with E-state index in [1.54, 1.807) is 12.4 Å². The average molecular weight is 306 g/mol. The molecule has 0 N–H and O–H groups in total. The number of alkyl halides is 1. The smallest absolute Gasteiger partial charge is 0.224 e. The number of carbonyl (C=O) groups excluding carboxylic acids is 1. The number of hydrogen-bond donors (Lipinski definition) is 0. The molecule has 2 aromatic rings. The van der Waals surface area contributed by atoms with Crippen molar-refractivity contribution in [2.24, 2.45) is 0 Å². The molecule has 1 fully saturated rings. The zero-order valence-corrected chi connectivity index (χ0v) is 11.3. The number of rotatable bonds is 2. The maximum Gasteiger partial charge on any atom is 0.224 e. The summed E-state index contributed by atoms with van der Waals surface area (Å²) in [7, 11) is 0. The number of carbonyl (C=O) groups is 1. The Morgan fingerprint density at radius 1 is 1.28 bits per heavy atom. The fourth-order valence-electron chi connectivity index (χ4n) is 2.20. The van der Waals surface area contributed by atoms with Gasteiger partial charge in [0.05, 0.1) is 11.0 Å². The molecule has 1 aromatic carbocycles. The van der Waals surface area contributed by atoms with Crippen LogP contribution in [0.5, 0.6) is 0 Å². The van der Waals surface area contributed by atoms with Gasteiger partial charge in [-0.1, -0.05) is 22.0 Å². The van der Waals surface area contributed by atoms with Crippen molar-refractivity contribution in [3.63, 3.8) is 0 Å². The predicted molar refractivity (Wildman–Crippen MR) is 72.3 cm³/mol. The van der Waals surface area contributed by atoms with E-state index in [1.807, 2.05) is 23.1 Å². The van der Waals surface area contributed by atoms with Crippen molar-refractivity contribution in [3.05, 3.63) is 36.2 Å². The zero-order chi connectivity index (χ0) is 12.5. The maximum absolute atomic E-state index is 11.7. The lowest BCUT2D eigenvalue weighted by Crippen LogP contribution is -2.24. The highest BCUT2D eigenvalue weighted by molar-refractivity contribution is 9.09. The van der Waals surface area contributed by atoms with Crippen LogP contribution >= 0.6 is 15.9 Å². The van der Waals surface area contributed by atoms with E-state index < -0.39 is 0 Å². The summed E-state index contributed by atoms with van der Waals surface area (Å²) in [5.41, 5.74) is 2.85. The van der Waals surface area contributed by atoms with Crippen molar-refractivity contribution in [2.45, 2.75) is 17.8 Å². The van der Waals surface area contributed by atoms with Crippen LogP contribution in [0.4, 0.5) is 0 Å². The van der Waals surface area contributed by atoms with Crippen LogP contribution in [0.1, 0.15) is 12.0 Å². The molecule has 1 saturated heterocycles. The SMILES string of the molecule is O=C1CC(Br)CN1Cc1ccc2nccnc2c1. The lowest BCUT2D eigenvalue weighted by molar-refractivity contribution is -0.128. The first-order valence-corrected chi connectivity index (χ1v) is 6.75. The molecule has 2 heterocycles. The summed E-state index contributed by atoms with van der Waals surface area (Å²) in [6, 6.07) is 5.95. The van der Waals surface area contributed by atoms with Crippen molar-refractivity contribution in [3.8, 4) is 0 Å². The Morgan fingerprint density at radius 2 is 2.06 bits per heavy atom. The van der Waals surface area contributed by atoms with Gasteiger partial charge in [0.15, 0.2) is 0 Å². The molecule has 92 valence electrons. The van der Waals surface area contributed by atoms with E-state index in [-0.39, 0.29) is 10.7 Å². The van der Waals surface area contributed by atoms with Gasteiger partial charge in [0.2, 0.25) is 5.91 Å². The van der Waals surface area contributed by atoms with E-state index in [9.17, 15) is 4.79 Å². The molecule has 1 atom stereocenters. The topological polar surface area (TPSA) is 46.1 Å². The number of hydrogen-bond acceptors (Lipinski definition) is 3. The number of fused-ring (bicyclic) bond motifs is 1. The van der Waals surface area contributed by atoms with Gasteiger partial charge in [-0.2, -0.15) is 0 Å². The Morgan fingerprint density at radius 3 is 2.78 bits per heavy atom. The Balaban J connectivity index is 1.84. The van der Waals surface area contributed by atoms with Crippen LogP contribution in [0.25, 0.3) is 11.0 Å². The lowest BCUT2D eigenvalue weighted by atomic mass is 10.2. The molecular formula is C13H12BrN3O. The predicted octanol–water partition coefficient (Wildman–Crippen LogP) is 2.13. The fraction of sp³-hybridized carbons (Fsp3) is 0.308. The third-order valence-corrected chi connectivity index (χ3v) is 3.69. The molecule has 3 rings (SSSR count). The number of halogens is 1. The number of amides is 1. The molecular weight excluding hydrogens is 294 g/mol. The van der Waals surface area contributed by atoms with E-state index in [0.717, 1.165) is 23.1 Å². The van der Waals surface area contributed by atoms with Crippen LogP contribution < -0.4 is 0 Å². The quantitative estimate of drug-likeness (QED) is 0.799. The van der Waals surface area contributed by atoms with Gasteiger partial charge in [-0.15, -0.1) is 0 Å². The number of aromatic nitrogens is 2. The maximum atomic E-state index is 11.7. The first kappa shape index (κ1) is 11.6. The van der Waals surface area contributed by atoms with Crippen LogP contribution in [-0.4, -0.2) is 32.1 Å². The molecule has 0 aliphatic carbocycles. The minimum absolute atomic E-state index is 0.205. The Hall–Kier alpha value is -1.49. The molecule has 18 heavy (non-hydrogen) atoms. The van der Waals surface area contributed by atoms with Gasteiger partial charge in [-0.05, 0) is 17.7 Å². The highest BCUT2D eigenvalue weighted by Gasteiger charge is 2.27. The summed E-state index contributed by atoms with van der Waals surface area (Å²) >= 11 is 3.49. The zero-order valence-electron chi connectivity index (χ0n) is 9.71. The molecule has 1 amide bonds. The second-order valence-corrected chi connectivity index (χ2v) is 5.75. The van der Waals surface area contributed by atoms with Crippen molar-refractivity contribution < 1.29 is 4.79 Å². The van der Waals surface area contributed by atoms with Crippen molar-refractivity contribution in [2.75, 3.05) is 6.54 Å². The number of likely N-dealkylation sites (tertiary alicyclic amines) is 1. The molecule has 1 aliphatic rings. The van der Waals surface area contributed by atoms with Gasteiger partial charge < -0.3 is 4.90 Å². The van der Waals surface area contributed by atoms with E-state index in [4.69, 9.17) is 0 Å². The molecule has 5 heteroatoms. The number of nitrogens with zero attached hydrogens (tertiary/aromatic N) is 3. The van der Waals surface area contributed by atoms with Crippen molar-refractivity contribution >= 4 is 32.9 Å². The molecule has 0 saturated carbocycles. The van der Waals surface area contributed by atoms with Crippen LogP contribution in [0, 0.1) is 0 Å². The molecule has 0 radical (unpaired) electrons. The average Bonchev–Trinajstić information content (AvgIpc) is 2.68. The summed E-state index contributed by atoms with van der Waals surface area (Å²) < 4.78 is 0. The standard InChI is InChI=1S/C13H12BrN3O/c14-10-6-13(18)17(8-10)7-9-1-2-11-12(5-9)16-4-3-15-11/h1-5,10H,6-8H2. The first-order valence-electron chi connectivity index (χ1n) is 5.84. The van der Waals surface area contributed by atoms with E-state index >= 15 is 0 Å². The molecule has 1 aliphatic heterocycles. The Kier molecular flexibility index (Phi) is 2.99. The van der Waals surface area contributed by atoms with Gasteiger partial charge in [-0.3, -0.25) is 14.8 Å². The van der Waals surface area contributed by atoms with E-state index in [1.165, 1.54) is 0 Å². The highest BCUT2D eigenvalue weighted by Crippen LogP contribution is 2.21. The van der Waals surface area contributed by atoms with Crippen LogP contribution in [0.2, 0.25) is 0 Å². The first-order chi connectivity index (χ1) is 8.72. The van der Waals surface area contributed by atoms with Gasteiger partial charge in [0.25, 0.3) is 0 Å². The van der Waals surface area contributed by atoms with Gasteiger partial charge in [0.1, 0.15) is 0 Å². The summed E-state index contributed by atoms with van der Waals surface area (Å²) in [6.45, 7) is 1.42. The summed E-state index contributed by atoms with van der Waals surface area (Å²) in [6.07, 6.45) is 3.95. The molecule has 1 unspecified atom stereocenters. The van der Waals surface area contributed by atoms with Crippen LogP contribution in [0.3, 0.4) is 0 Å². The molecule has 0 bridgehead atoms. The summed E-state index contributed by atoms with van der Waals surface area (Å²) in [5, 5.41) is 0. The third-order valence-electron chi connectivity index (χ3n) is 3.07. The van der Waals surface area contributed by atoms with Gasteiger partial charge in [-0.25, -0.2) is 0 Å². The van der Waals surface area contributed by atoms with Crippen molar-refractivity contribution in [1.29, 1.82) is 0 Å². The summed E-state index contributed by atoms with van der Waals surface area (Å²) in [5.74, 6) is 0.205. The number of benzene rings is 1.